The Morgan fingerprint density at radius 2 is 2.05 bits per heavy atom. The number of carbonyl (C=O) groups is 1. The van der Waals surface area contributed by atoms with Crippen LogP contribution >= 0.6 is 0 Å². The lowest BCUT2D eigenvalue weighted by atomic mass is 9.84. The van der Waals surface area contributed by atoms with E-state index in [0.717, 1.165) is 19.3 Å². The molecule has 2 fully saturated rings. The van der Waals surface area contributed by atoms with E-state index in [1.165, 1.54) is 6.07 Å². The van der Waals surface area contributed by atoms with Crippen LogP contribution in [-0.2, 0) is 4.79 Å². The molecule has 1 aromatic rings. The van der Waals surface area contributed by atoms with Crippen molar-refractivity contribution >= 4 is 5.91 Å². The van der Waals surface area contributed by atoms with Crippen LogP contribution in [0.3, 0.4) is 0 Å². The Labute approximate surface area is 118 Å². The minimum absolute atomic E-state index is 0.0135. The monoisotopic (exact) mass is 276 g/mol. The molecule has 0 aliphatic heterocycles. The van der Waals surface area contributed by atoms with Crippen molar-refractivity contribution < 1.29 is 9.18 Å². The fraction of sp³-hybridized carbons (Fsp3) is 0.562. The Balaban J connectivity index is 1.69. The van der Waals surface area contributed by atoms with Crippen LogP contribution in [0.4, 0.5) is 4.39 Å². The standard InChI is InChI=1S/C16H21FN2O/c1-9(12-4-2-3-5-13(12)17)19-16(20)14-10-6-7-11(8-10)15(14)18/h2-5,9-11,14-15H,6-8,18H2,1H3,(H,19,20)/t9-,10?,11?,14?,15?/m1/s1. The molecule has 2 bridgehead atoms. The molecule has 0 radical (unpaired) electrons. The number of halogens is 1. The zero-order valence-electron chi connectivity index (χ0n) is 11.7. The number of carbonyl (C=O) groups excluding carboxylic acids is 1. The second kappa shape index (κ2) is 5.17. The molecule has 4 unspecified atom stereocenters. The third-order valence-corrected chi connectivity index (χ3v) is 5.01. The highest BCUT2D eigenvalue weighted by Crippen LogP contribution is 2.47. The van der Waals surface area contributed by atoms with E-state index in [0.29, 0.717) is 17.4 Å². The van der Waals surface area contributed by atoms with Crippen molar-refractivity contribution in [3.05, 3.63) is 35.6 Å². The molecule has 2 aliphatic carbocycles. The van der Waals surface area contributed by atoms with Gasteiger partial charge in [0.15, 0.2) is 0 Å². The topological polar surface area (TPSA) is 55.1 Å². The Morgan fingerprint density at radius 3 is 2.70 bits per heavy atom. The van der Waals surface area contributed by atoms with E-state index in [2.05, 4.69) is 5.32 Å². The highest BCUT2D eigenvalue weighted by molar-refractivity contribution is 5.80. The molecule has 0 aromatic heterocycles. The van der Waals surface area contributed by atoms with Gasteiger partial charge in [0.2, 0.25) is 5.91 Å². The van der Waals surface area contributed by atoms with Crippen molar-refractivity contribution in [3.8, 4) is 0 Å². The molecular formula is C16H21FN2O. The third kappa shape index (κ3) is 2.22. The molecule has 0 spiro atoms. The van der Waals surface area contributed by atoms with Crippen molar-refractivity contribution in [1.82, 2.24) is 5.32 Å². The molecule has 5 atom stereocenters. The molecule has 3 rings (SSSR count). The molecule has 0 saturated heterocycles. The van der Waals surface area contributed by atoms with E-state index in [4.69, 9.17) is 5.73 Å². The summed E-state index contributed by atoms with van der Waals surface area (Å²) in [7, 11) is 0. The van der Waals surface area contributed by atoms with Gasteiger partial charge in [-0.05, 0) is 44.1 Å². The summed E-state index contributed by atoms with van der Waals surface area (Å²) in [5.74, 6) is 0.531. The van der Waals surface area contributed by atoms with Gasteiger partial charge in [0, 0.05) is 11.6 Å². The summed E-state index contributed by atoms with van der Waals surface area (Å²) in [6.45, 7) is 1.81. The van der Waals surface area contributed by atoms with Gasteiger partial charge in [-0.15, -0.1) is 0 Å². The first-order valence-corrected chi connectivity index (χ1v) is 7.38. The first-order valence-electron chi connectivity index (χ1n) is 7.38. The summed E-state index contributed by atoms with van der Waals surface area (Å²) >= 11 is 0. The Kier molecular flexibility index (Phi) is 3.50. The Bertz CT molecular complexity index is 517. The number of benzene rings is 1. The Morgan fingerprint density at radius 1 is 1.35 bits per heavy atom. The maximum absolute atomic E-state index is 13.7. The molecule has 4 heteroatoms. The van der Waals surface area contributed by atoms with Gasteiger partial charge >= 0.3 is 0 Å². The minimum Gasteiger partial charge on any atom is -0.349 e. The number of fused-ring (bicyclic) bond motifs is 2. The van der Waals surface area contributed by atoms with Crippen LogP contribution in [-0.4, -0.2) is 11.9 Å². The van der Waals surface area contributed by atoms with Crippen molar-refractivity contribution in [1.29, 1.82) is 0 Å². The smallest absolute Gasteiger partial charge is 0.225 e. The van der Waals surface area contributed by atoms with Crippen LogP contribution in [0.2, 0.25) is 0 Å². The van der Waals surface area contributed by atoms with Crippen molar-refractivity contribution in [2.45, 2.75) is 38.3 Å². The molecule has 20 heavy (non-hydrogen) atoms. The minimum atomic E-state index is -0.324. The van der Waals surface area contributed by atoms with Gasteiger partial charge in [-0.1, -0.05) is 18.2 Å². The van der Waals surface area contributed by atoms with Gasteiger partial charge in [0.25, 0.3) is 0 Å². The number of hydrogen-bond acceptors (Lipinski definition) is 2. The van der Waals surface area contributed by atoms with Crippen molar-refractivity contribution in [2.24, 2.45) is 23.5 Å². The van der Waals surface area contributed by atoms with Crippen LogP contribution in [0.15, 0.2) is 24.3 Å². The molecule has 2 aliphatic rings. The Hall–Kier alpha value is -1.42. The molecule has 0 heterocycles. The normalized spacial score (nSPS) is 33.1. The zero-order valence-corrected chi connectivity index (χ0v) is 11.7. The van der Waals surface area contributed by atoms with Crippen molar-refractivity contribution in [3.63, 3.8) is 0 Å². The van der Waals surface area contributed by atoms with Gasteiger partial charge in [0.1, 0.15) is 5.82 Å². The summed E-state index contributed by atoms with van der Waals surface area (Å²) in [4.78, 5) is 12.4. The van der Waals surface area contributed by atoms with E-state index < -0.39 is 0 Å². The fourth-order valence-corrected chi connectivity index (χ4v) is 3.94. The van der Waals surface area contributed by atoms with E-state index >= 15 is 0 Å². The predicted molar refractivity (Wildman–Crippen MR) is 75.3 cm³/mol. The van der Waals surface area contributed by atoms with Crippen LogP contribution in [0.5, 0.6) is 0 Å². The maximum Gasteiger partial charge on any atom is 0.225 e. The number of rotatable bonds is 3. The second-order valence-corrected chi connectivity index (χ2v) is 6.19. The molecule has 1 amide bonds. The highest BCUT2D eigenvalue weighted by atomic mass is 19.1. The quantitative estimate of drug-likeness (QED) is 0.890. The summed E-state index contributed by atoms with van der Waals surface area (Å²) in [5, 5.41) is 2.94. The van der Waals surface area contributed by atoms with Crippen LogP contribution < -0.4 is 11.1 Å². The zero-order chi connectivity index (χ0) is 14.3. The summed E-state index contributed by atoms with van der Waals surface area (Å²) in [6, 6.07) is 6.21. The van der Waals surface area contributed by atoms with Gasteiger partial charge in [-0.25, -0.2) is 4.39 Å². The van der Waals surface area contributed by atoms with E-state index in [9.17, 15) is 9.18 Å². The summed E-state index contributed by atoms with van der Waals surface area (Å²) < 4.78 is 13.7. The van der Waals surface area contributed by atoms with E-state index in [1.807, 2.05) is 6.92 Å². The maximum atomic E-state index is 13.7. The summed E-state index contributed by atoms with van der Waals surface area (Å²) in [6.07, 6.45) is 3.33. The number of hydrogen-bond donors (Lipinski definition) is 2. The highest BCUT2D eigenvalue weighted by Gasteiger charge is 2.49. The van der Waals surface area contributed by atoms with Gasteiger partial charge in [0.05, 0.1) is 12.0 Å². The van der Waals surface area contributed by atoms with Crippen molar-refractivity contribution in [2.75, 3.05) is 0 Å². The molecule has 2 saturated carbocycles. The average Bonchev–Trinajstić information content (AvgIpc) is 2.99. The predicted octanol–water partition coefficient (Wildman–Crippen LogP) is 2.38. The second-order valence-electron chi connectivity index (χ2n) is 6.19. The fourth-order valence-electron chi connectivity index (χ4n) is 3.94. The molecule has 108 valence electrons. The lowest BCUT2D eigenvalue weighted by Gasteiger charge is -2.28. The first-order chi connectivity index (χ1) is 9.58. The average molecular weight is 276 g/mol. The van der Waals surface area contributed by atoms with Gasteiger partial charge < -0.3 is 11.1 Å². The lowest BCUT2D eigenvalue weighted by molar-refractivity contribution is -0.127. The van der Waals surface area contributed by atoms with Crippen LogP contribution in [0.1, 0.15) is 37.8 Å². The molecule has 1 aromatic carbocycles. The number of nitrogens with one attached hydrogen (secondary N) is 1. The number of nitrogens with two attached hydrogens (primary N) is 1. The third-order valence-electron chi connectivity index (χ3n) is 5.01. The molecule has 3 nitrogen and oxygen atoms in total. The molecule has 3 N–H and O–H groups in total. The van der Waals surface area contributed by atoms with E-state index in [1.54, 1.807) is 18.2 Å². The largest absolute Gasteiger partial charge is 0.349 e. The van der Waals surface area contributed by atoms with Crippen LogP contribution in [0.25, 0.3) is 0 Å². The lowest BCUT2D eigenvalue weighted by Crippen LogP contribution is -2.45. The molecular weight excluding hydrogens is 255 g/mol. The SMILES string of the molecule is C[C@@H](NC(=O)C1C2CCC(C2)C1N)c1ccccc1F. The van der Waals surface area contributed by atoms with Gasteiger partial charge in [-0.2, -0.15) is 0 Å². The number of amides is 1. The first kappa shape index (κ1) is 13.6. The van der Waals surface area contributed by atoms with Gasteiger partial charge in [-0.3, -0.25) is 4.79 Å². The van der Waals surface area contributed by atoms with Crippen LogP contribution in [0, 0.1) is 23.6 Å². The van der Waals surface area contributed by atoms with E-state index in [-0.39, 0.29) is 29.7 Å². The summed E-state index contributed by atoms with van der Waals surface area (Å²) in [5.41, 5.74) is 6.70.